The van der Waals surface area contributed by atoms with Gasteiger partial charge in [0.25, 0.3) is 0 Å². The first-order valence-electron chi connectivity index (χ1n) is 8.44. The molecule has 1 atom stereocenters. The van der Waals surface area contributed by atoms with E-state index >= 15 is 0 Å². The van der Waals surface area contributed by atoms with Gasteiger partial charge in [-0.1, -0.05) is 78.9 Å². The average molecular weight is 322 g/mol. The normalized spacial score (nSPS) is 12.1. The summed E-state index contributed by atoms with van der Waals surface area (Å²) in [6, 6.07) is 31.0. The van der Waals surface area contributed by atoms with Crippen molar-refractivity contribution in [3.8, 4) is 6.07 Å². The molecule has 4 rings (SSSR count). The largest absolute Gasteiger partial charge is 0.294 e. The predicted octanol–water partition coefficient (Wildman–Crippen LogP) is 5.35. The molecule has 0 aliphatic heterocycles. The van der Waals surface area contributed by atoms with E-state index < -0.39 is 0 Å². The number of hydrogen-bond donors (Lipinski definition) is 1. The van der Waals surface area contributed by atoms with Crippen LogP contribution in [0.15, 0.2) is 84.9 Å². The van der Waals surface area contributed by atoms with Crippen molar-refractivity contribution in [2.24, 2.45) is 0 Å². The van der Waals surface area contributed by atoms with E-state index in [0.717, 1.165) is 5.56 Å². The number of nitrogens with one attached hydrogen (secondary N) is 1. The van der Waals surface area contributed by atoms with Gasteiger partial charge >= 0.3 is 0 Å². The highest BCUT2D eigenvalue weighted by atomic mass is 14.9. The second kappa shape index (κ2) is 6.76. The van der Waals surface area contributed by atoms with E-state index in [2.05, 4.69) is 66.0 Å². The van der Waals surface area contributed by atoms with Gasteiger partial charge < -0.3 is 0 Å². The van der Waals surface area contributed by atoms with Crippen molar-refractivity contribution in [3.63, 3.8) is 0 Å². The zero-order valence-electron chi connectivity index (χ0n) is 13.8. The Hall–Kier alpha value is -3.15. The average Bonchev–Trinajstić information content (AvgIpc) is 2.68. The molecule has 0 fully saturated rings. The molecule has 0 spiro atoms. The van der Waals surface area contributed by atoms with Gasteiger partial charge in [0, 0.05) is 6.54 Å². The van der Waals surface area contributed by atoms with Crippen LogP contribution in [0.2, 0.25) is 0 Å². The molecule has 0 amide bonds. The van der Waals surface area contributed by atoms with Crippen molar-refractivity contribution in [2.45, 2.75) is 12.6 Å². The van der Waals surface area contributed by atoms with Crippen LogP contribution in [-0.2, 0) is 6.54 Å². The minimum absolute atomic E-state index is 0.320. The summed E-state index contributed by atoms with van der Waals surface area (Å²) in [6.07, 6.45) is 0. The number of rotatable bonds is 4. The lowest BCUT2D eigenvalue weighted by molar-refractivity contribution is 0.635. The molecule has 1 N–H and O–H groups in total. The lowest BCUT2D eigenvalue weighted by Crippen LogP contribution is -2.19. The van der Waals surface area contributed by atoms with Crippen LogP contribution >= 0.6 is 0 Å². The molecule has 0 saturated carbocycles. The van der Waals surface area contributed by atoms with Gasteiger partial charge in [0.05, 0.1) is 6.07 Å². The van der Waals surface area contributed by atoms with E-state index in [9.17, 15) is 5.26 Å². The maximum atomic E-state index is 9.57. The number of nitrogens with zero attached hydrogens (tertiary/aromatic N) is 1. The molecule has 0 bridgehead atoms. The molecule has 2 nitrogen and oxygen atoms in total. The first-order valence-corrected chi connectivity index (χ1v) is 8.44. The van der Waals surface area contributed by atoms with Crippen molar-refractivity contribution < 1.29 is 0 Å². The minimum Gasteiger partial charge on any atom is -0.294 e. The lowest BCUT2D eigenvalue weighted by Gasteiger charge is -2.15. The summed E-state index contributed by atoms with van der Waals surface area (Å²) >= 11 is 0. The summed E-state index contributed by atoms with van der Waals surface area (Å²) in [4.78, 5) is 0. The van der Waals surface area contributed by atoms with E-state index in [1.165, 1.54) is 27.1 Å². The van der Waals surface area contributed by atoms with Gasteiger partial charge in [-0.15, -0.1) is 0 Å². The molecule has 0 heterocycles. The number of nitriles is 1. The van der Waals surface area contributed by atoms with Crippen LogP contribution in [0.3, 0.4) is 0 Å². The molecule has 0 aliphatic rings. The third kappa shape index (κ3) is 2.98. The van der Waals surface area contributed by atoms with Crippen LogP contribution in [0, 0.1) is 11.3 Å². The molecule has 0 aromatic heterocycles. The van der Waals surface area contributed by atoms with Gasteiger partial charge in [-0.05, 0) is 38.7 Å². The van der Waals surface area contributed by atoms with E-state index in [1.54, 1.807) is 0 Å². The predicted molar refractivity (Wildman–Crippen MR) is 103 cm³/mol. The quantitative estimate of drug-likeness (QED) is 0.514. The standard InChI is InChI=1S/C23H18N2/c24-15-23(17-8-2-1-3-9-17)25-16-22-20-12-6-4-10-18(20)14-19-11-5-7-13-21(19)22/h1-14,23,25H,16H2/t23-/m0/s1. The molecule has 0 radical (unpaired) electrons. The van der Waals surface area contributed by atoms with Crippen LogP contribution in [-0.4, -0.2) is 0 Å². The monoisotopic (exact) mass is 322 g/mol. The Morgan fingerprint density at radius 1 is 0.760 bits per heavy atom. The number of benzene rings is 4. The summed E-state index contributed by atoms with van der Waals surface area (Å²) in [5.74, 6) is 0. The number of fused-ring (bicyclic) bond motifs is 2. The fraction of sp³-hybridized carbons (Fsp3) is 0.0870. The van der Waals surface area contributed by atoms with Gasteiger partial charge in [0.2, 0.25) is 0 Å². The van der Waals surface area contributed by atoms with Gasteiger partial charge in [-0.25, -0.2) is 0 Å². The number of hydrogen-bond acceptors (Lipinski definition) is 2. The molecule has 4 aromatic carbocycles. The maximum absolute atomic E-state index is 9.57. The van der Waals surface area contributed by atoms with Crippen molar-refractivity contribution in [1.82, 2.24) is 5.32 Å². The molecule has 25 heavy (non-hydrogen) atoms. The van der Waals surface area contributed by atoms with Crippen molar-refractivity contribution in [2.75, 3.05) is 0 Å². The Morgan fingerprint density at radius 2 is 1.32 bits per heavy atom. The third-order valence-electron chi connectivity index (χ3n) is 4.63. The molecular weight excluding hydrogens is 304 g/mol. The van der Waals surface area contributed by atoms with Crippen molar-refractivity contribution in [1.29, 1.82) is 5.26 Å². The maximum Gasteiger partial charge on any atom is 0.121 e. The first-order chi connectivity index (χ1) is 12.4. The van der Waals surface area contributed by atoms with E-state index in [0.29, 0.717) is 6.54 Å². The highest BCUT2D eigenvalue weighted by Crippen LogP contribution is 2.29. The second-order valence-corrected chi connectivity index (χ2v) is 6.15. The van der Waals surface area contributed by atoms with Gasteiger partial charge in [0.1, 0.15) is 6.04 Å². The molecule has 0 unspecified atom stereocenters. The van der Waals surface area contributed by atoms with E-state index in [1.807, 2.05) is 30.3 Å². The van der Waals surface area contributed by atoms with Crippen molar-refractivity contribution >= 4 is 21.5 Å². The van der Waals surface area contributed by atoms with Gasteiger partial charge in [0.15, 0.2) is 0 Å². The van der Waals surface area contributed by atoms with Gasteiger partial charge in [-0.3, -0.25) is 5.32 Å². The topological polar surface area (TPSA) is 35.8 Å². The van der Waals surface area contributed by atoms with Crippen LogP contribution in [0.25, 0.3) is 21.5 Å². The Morgan fingerprint density at radius 3 is 1.92 bits per heavy atom. The molecule has 2 heteroatoms. The summed E-state index contributed by atoms with van der Waals surface area (Å²) in [5, 5.41) is 17.9. The summed E-state index contributed by atoms with van der Waals surface area (Å²) in [5.41, 5.74) is 2.24. The highest BCUT2D eigenvalue weighted by molar-refractivity contribution is 6.02. The van der Waals surface area contributed by atoms with Crippen LogP contribution in [0.4, 0.5) is 0 Å². The molecule has 0 saturated heterocycles. The minimum atomic E-state index is -0.320. The van der Waals surface area contributed by atoms with Crippen LogP contribution in [0.1, 0.15) is 17.2 Å². The van der Waals surface area contributed by atoms with Crippen molar-refractivity contribution in [3.05, 3.63) is 96.1 Å². The molecular formula is C23H18N2. The summed E-state index contributed by atoms with van der Waals surface area (Å²) < 4.78 is 0. The van der Waals surface area contributed by atoms with Gasteiger partial charge in [-0.2, -0.15) is 5.26 Å². The smallest absolute Gasteiger partial charge is 0.121 e. The highest BCUT2D eigenvalue weighted by Gasteiger charge is 2.12. The van der Waals surface area contributed by atoms with Crippen LogP contribution in [0.5, 0.6) is 0 Å². The lowest BCUT2D eigenvalue weighted by atomic mass is 9.96. The Balaban J connectivity index is 1.76. The van der Waals surface area contributed by atoms with E-state index in [-0.39, 0.29) is 6.04 Å². The SMILES string of the molecule is N#C[C@H](NCc1c2ccccc2cc2ccccc12)c1ccccc1. The third-order valence-corrected chi connectivity index (χ3v) is 4.63. The van der Waals surface area contributed by atoms with Crippen LogP contribution < -0.4 is 5.32 Å². The Labute approximate surface area is 147 Å². The zero-order chi connectivity index (χ0) is 17.1. The summed E-state index contributed by atoms with van der Waals surface area (Å²) in [7, 11) is 0. The molecule has 4 aromatic rings. The molecule has 120 valence electrons. The Bertz CT molecular complexity index is 1010. The Kier molecular flexibility index (Phi) is 4.16. The second-order valence-electron chi connectivity index (χ2n) is 6.15. The fourth-order valence-corrected chi connectivity index (χ4v) is 3.39. The summed E-state index contributed by atoms with van der Waals surface area (Å²) in [6.45, 7) is 0.648. The molecule has 0 aliphatic carbocycles. The van der Waals surface area contributed by atoms with E-state index in [4.69, 9.17) is 0 Å². The fourth-order valence-electron chi connectivity index (χ4n) is 3.39. The first kappa shape index (κ1) is 15.4. The zero-order valence-corrected chi connectivity index (χ0v) is 13.8.